The standard InChI is InChI=1S/C8H15I2N3O2/c1-9-3-5-7(13-4-10-13)12(2)6(11-5)8(14)15/h5-7,11H,3-4H2,1-2H3,(H,14,15)/q-2. The molecule has 4 unspecified atom stereocenters. The zero-order valence-corrected chi connectivity index (χ0v) is 13.0. The molecule has 4 atom stereocenters. The number of halogens is 2. The van der Waals surface area contributed by atoms with Gasteiger partial charge in [0.25, 0.3) is 0 Å². The Hall–Kier alpha value is 0.810. The molecule has 90 valence electrons. The topological polar surface area (TPSA) is 55.6 Å². The van der Waals surface area contributed by atoms with Crippen molar-refractivity contribution in [3.8, 4) is 0 Å². The second kappa shape index (κ2) is 4.98. The molecule has 0 aliphatic carbocycles. The molecule has 15 heavy (non-hydrogen) atoms. The number of hydrogen-bond donors (Lipinski definition) is 2. The Morgan fingerprint density at radius 2 is 2.40 bits per heavy atom. The molecule has 0 spiro atoms. The van der Waals surface area contributed by atoms with Crippen LogP contribution in [0.25, 0.3) is 0 Å². The van der Waals surface area contributed by atoms with Gasteiger partial charge in [-0.25, -0.2) is 0 Å². The molecule has 2 aliphatic heterocycles. The first-order valence-electron chi connectivity index (χ1n) is 4.65. The van der Waals surface area contributed by atoms with Crippen LogP contribution < -0.4 is 48.0 Å². The molecule has 7 heteroatoms. The first-order valence-corrected chi connectivity index (χ1v) is 10.8. The Morgan fingerprint density at radius 1 is 1.73 bits per heavy atom. The number of hydrogen-bond acceptors (Lipinski definition) is 4. The van der Waals surface area contributed by atoms with E-state index in [4.69, 9.17) is 5.11 Å². The van der Waals surface area contributed by atoms with Crippen LogP contribution in [0.4, 0.5) is 0 Å². The number of rotatable bonds is 4. The minimum absolute atomic E-state index is 0.214. The van der Waals surface area contributed by atoms with E-state index in [2.05, 4.69) is 13.4 Å². The SMILES string of the molecule is C[I-]CC1NC(C(=O)O)N(C)C1N1C[I-]1. The molecule has 2 rings (SSSR count). The number of nitrogens with zero attached hydrogens (tertiary/aromatic N) is 2. The van der Waals surface area contributed by atoms with Crippen LogP contribution in [0.15, 0.2) is 0 Å². The maximum atomic E-state index is 11.0. The van der Waals surface area contributed by atoms with Gasteiger partial charge < -0.3 is 0 Å². The van der Waals surface area contributed by atoms with Gasteiger partial charge in [0.15, 0.2) is 0 Å². The number of carboxylic acids is 1. The quantitative estimate of drug-likeness (QED) is 0.150. The van der Waals surface area contributed by atoms with E-state index in [1.54, 1.807) is 0 Å². The summed E-state index contributed by atoms with van der Waals surface area (Å²) in [7, 11) is 1.92. The monoisotopic (exact) mass is 439 g/mol. The molecule has 2 saturated heterocycles. The molecule has 0 aromatic carbocycles. The van der Waals surface area contributed by atoms with Gasteiger partial charge in [0.2, 0.25) is 0 Å². The van der Waals surface area contributed by atoms with Crippen LogP contribution in [-0.2, 0) is 4.79 Å². The summed E-state index contributed by atoms with van der Waals surface area (Å²) in [5.41, 5.74) is 0. The fourth-order valence-corrected chi connectivity index (χ4v) is 5.37. The molecule has 2 heterocycles. The normalized spacial score (nSPS) is 41.5. The van der Waals surface area contributed by atoms with Crippen molar-refractivity contribution in [1.82, 2.24) is 13.3 Å². The van der Waals surface area contributed by atoms with Crippen molar-refractivity contribution in [3.63, 3.8) is 0 Å². The fraction of sp³-hybridized carbons (Fsp3) is 0.875. The number of likely N-dealkylation sites (N-methyl/N-ethyl adjacent to an activating group) is 1. The average molecular weight is 439 g/mol. The number of carboxylic acid groups (broad SMARTS) is 1. The summed E-state index contributed by atoms with van der Waals surface area (Å²) in [6.45, 7) is 0. The molecule has 2 aliphatic rings. The summed E-state index contributed by atoms with van der Waals surface area (Å²) in [5.74, 6) is -0.751. The molecule has 0 bridgehead atoms. The van der Waals surface area contributed by atoms with Crippen molar-refractivity contribution in [2.45, 2.75) is 18.4 Å². The van der Waals surface area contributed by atoms with Crippen molar-refractivity contribution < 1.29 is 52.6 Å². The first-order chi connectivity index (χ1) is 7.15. The summed E-state index contributed by atoms with van der Waals surface area (Å²) in [6, 6.07) is 0.371. The van der Waals surface area contributed by atoms with Crippen molar-refractivity contribution >= 4 is 5.97 Å². The van der Waals surface area contributed by atoms with E-state index in [1.165, 1.54) is 4.55 Å². The van der Waals surface area contributed by atoms with E-state index >= 15 is 0 Å². The van der Waals surface area contributed by atoms with Gasteiger partial charge in [0.1, 0.15) is 0 Å². The van der Waals surface area contributed by atoms with E-state index < -0.39 is 12.1 Å². The Bertz CT molecular complexity index is 262. The Morgan fingerprint density at radius 3 is 2.87 bits per heavy atom. The van der Waals surface area contributed by atoms with Crippen molar-refractivity contribution in [2.75, 3.05) is 21.0 Å². The van der Waals surface area contributed by atoms with Gasteiger partial charge >= 0.3 is 111 Å². The summed E-state index contributed by atoms with van der Waals surface area (Å²) in [4.78, 5) is 15.3. The molecular weight excluding hydrogens is 424 g/mol. The Labute approximate surface area is 110 Å². The van der Waals surface area contributed by atoms with Gasteiger partial charge in [0.05, 0.1) is 0 Å². The Balaban J connectivity index is 2.07. The van der Waals surface area contributed by atoms with Gasteiger partial charge in [-0.2, -0.15) is 0 Å². The molecule has 2 N–H and O–H groups in total. The number of nitrogens with one attached hydrogen (secondary N) is 1. The summed E-state index contributed by atoms with van der Waals surface area (Å²) in [5, 5.41) is 12.3. The van der Waals surface area contributed by atoms with Crippen molar-refractivity contribution in [2.24, 2.45) is 0 Å². The first kappa shape index (κ1) is 12.3. The second-order valence-electron chi connectivity index (χ2n) is 3.65. The molecular formula is C8H15I2N3O2-2. The van der Waals surface area contributed by atoms with Gasteiger partial charge in [-0.15, -0.1) is 0 Å². The van der Waals surface area contributed by atoms with E-state index in [0.717, 1.165) is 4.43 Å². The fourth-order valence-electron chi connectivity index (χ4n) is 1.94. The summed E-state index contributed by atoms with van der Waals surface area (Å²) in [6.07, 6.45) is -0.140. The van der Waals surface area contributed by atoms with Crippen LogP contribution in [-0.4, -0.2) is 58.4 Å². The molecule has 2 fully saturated rings. The zero-order valence-electron chi connectivity index (χ0n) is 8.65. The summed E-state index contributed by atoms with van der Waals surface area (Å²) < 4.78 is 4.83. The van der Waals surface area contributed by atoms with E-state index in [-0.39, 0.29) is 42.7 Å². The third kappa shape index (κ3) is 2.56. The number of alkyl halides is 3. The van der Waals surface area contributed by atoms with Crippen LogP contribution in [0.2, 0.25) is 0 Å². The molecule has 0 saturated carbocycles. The van der Waals surface area contributed by atoms with Crippen LogP contribution in [0.3, 0.4) is 0 Å². The van der Waals surface area contributed by atoms with Crippen molar-refractivity contribution in [1.29, 1.82) is 0 Å². The van der Waals surface area contributed by atoms with Gasteiger partial charge in [-0.1, -0.05) is 0 Å². The maximum absolute atomic E-state index is 11.0. The predicted octanol–water partition coefficient (Wildman–Crippen LogP) is -7.38. The van der Waals surface area contributed by atoms with E-state index in [1.807, 2.05) is 11.9 Å². The Kier molecular flexibility index (Phi) is 4.08. The molecule has 0 aromatic rings. The molecule has 0 aromatic heterocycles. The van der Waals surface area contributed by atoms with Gasteiger partial charge in [0, 0.05) is 0 Å². The number of carbonyl (C=O) groups is 1. The summed E-state index contributed by atoms with van der Waals surface area (Å²) >= 11 is 0.441. The number of aliphatic carboxylic acids is 1. The molecule has 0 amide bonds. The van der Waals surface area contributed by atoms with E-state index in [9.17, 15) is 4.79 Å². The zero-order chi connectivity index (χ0) is 11.0. The van der Waals surface area contributed by atoms with Crippen LogP contribution in [0, 0.1) is 0 Å². The third-order valence-electron chi connectivity index (χ3n) is 2.66. The van der Waals surface area contributed by atoms with Crippen LogP contribution in [0.1, 0.15) is 0 Å². The predicted molar refractivity (Wildman–Crippen MR) is 47.4 cm³/mol. The minimum atomic E-state index is -0.751. The van der Waals surface area contributed by atoms with Gasteiger partial charge in [-0.05, 0) is 0 Å². The van der Waals surface area contributed by atoms with E-state index in [0.29, 0.717) is 12.2 Å². The average Bonchev–Trinajstić information content (AvgIpc) is 2.93. The molecule has 0 radical (unpaired) electrons. The van der Waals surface area contributed by atoms with Crippen LogP contribution in [0.5, 0.6) is 0 Å². The second-order valence-corrected chi connectivity index (χ2v) is 8.66. The van der Waals surface area contributed by atoms with Crippen molar-refractivity contribution in [3.05, 3.63) is 0 Å². The van der Waals surface area contributed by atoms with Gasteiger partial charge in [-0.3, -0.25) is 0 Å². The van der Waals surface area contributed by atoms with Crippen LogP contribution >= 0.6 is 0 Å². The third-order valence-corrected chi connectivity index (χ3v) is 6.53. The molecule has 5 nitrogen and oxygen atoms in total.